The molecule has 0 amide bonds. The first kappa shape index (κ1) is 12.0. The third-order valence-electron chi connectivity index (χ3n) is 4.25. The van der Waals surface area contributed by atoms with Crippen molar-refractivity contribution in [2.75, 3.05) is 6.61 Å². The fraction of sp³-hybridized carbons (Fsp3) is 0.923. The third-order valence-corrected chi connectivity index (χ3v) is 4.25. The molecule has 0 radical (unpaired) electrons. The quantitative estimate of drug-likeness (QED) is 0.668. The zero-order chi connectivity index (χ0) is 11.6. The fourth-order valence-electron chi connectivity index (χ4n) is 3.28. The molecule has 0 aromatic heterocycles. The number of nitriles is 1. The smallest absolute Gasteiger partial charge is 0.267 e. The van der Waals surface area contributed by atoms with E-state index >= 15 is 0 Å². The van der Waals surface area contributed by atoms with Crippen LogP contribution in [0, 0.1) is 22.6 Å². The molecule has 0 N–H and O–H groups in total. The Kier molecular flexibility index (Phi) is 3.59. The van der Waals surface area contributed by atoms with Crippen molar-refractivity contribution in [3.63, 3.8) is 0 Å². The molecule has 0 saturated carbocycles. The van der Waals surface area contributed by atoms with Crippen LogP contribution in [0.4, 0.5) is 0 Å². The molecule has 0 aromatic carbocycles. The number of hydrogen-bond acceptors (Lipinski definition) is 2. The Morgan fingerprint density at radius 2 is 2.12 bits per heavy atom. The summed E-state index contributed by atoms with van der Waals surface area (Å²) in [6.45, 7) is 5.79. The molecule has 1 atom stereocenters. The summed E-state index contributed by atoms with van der Waals surface area (Å²) in [5.74, 6) is 3.14. The van der Waals surface area contributed by atoms with Gasteiger partial charge in [-0.15, -0.1) is 0 Å². The Hall–Kier alpha value is -0.485. The lowest BCUT2D eigenvalue weighted by atomic mass is 9.39. The summed E-state index contributed by atoms with van der Waals surface area (Å²) in [6, 6.07) is 0. The lowest BCUT2D eigenvalue weighted by Gasteiger charge is -2.32. The van der Waals surface area contributed by atoms with Crippen LogP contribution in [-0.2, 0) is 4.74 Å². The number of hydrogen-bond donors (Lipinski definition) is 0. The Balaban J connectivity index is 1.86. The van der Waals surface area contributed by atoms with Crippen LogP contribution in [0.2, 0.25) is 12.6 Å². The van der Waals surface area contributed by atoms with Crippen molar-refractivity contribution < 1.29 is 4.74 Å². The van der Waals surface area contributed by atoms with E-state index in [0.717, 1.165) is 25.2 Å². The molecule has 0 bridgehead atoms. The lowest BCUT2D eigenvalue weighted by molar-refractivity contribution is 0.0793. The maximum Gasteiger partial charge on any atom is 0.267 e. The molecule has 2 heterocycles. The highest BCUT2D eigenvalue weighted by atomic mass is 16.5. The van der Waals surface area contributed by atoms with E-state index in [1.54, 1.807) is 0 Å². The van der Waals surface area contributed by atoms with Crippen molar-refractivity contribution in [3.05, 3.63) is 0 Å². The zero-order valence-electron chi connectivity index (χ0n) is 10.5. The minimum atomic E-state index is 0.315. The van der Waals surface area contributed by atoms with Gasteiger partial charge in [0.25, 0.3) is 6.71 Å². The summed E-state index contributed by atoms with van der Waals surface area (Å²) >= 11 is 0. The van der Waals surface area contributed by atoms with Crippen molar-refractivity contribution in [3.8, 4) is 5.97 Å². The van der Waals surface area contributed by atoms with Gasteiger partial charge in [0.15, 0.2) is 0 Å². The summed E-state index contributed by atoms with van der Waals surface area (Å²) in [5.41, 5.74) is 0.437. The van der Waals surface area contributed by atoms with E-state index in [-0.39, 0.29) is 0 Å². The second-order valence-electron chi connectivity index (χ2n) is 6.17. The van der Waals surface area contributed by atoms with Crippen molar-refractivity contribution in [1.29, 1.82) is 5.26 Å². The highest BCUT2D eigenvalue weighted by Gasteiger charge is 2.43. The number of nitrogens with zero attached hydrogens (tertiary/aromatic N) is 1. The number of rotatable bonds is 2. The molecule has 0 aromatic rings. The molecular formula is C13H22BNO. The molecule has 88 valence electrons. The minimum Gasteiger partial charge on any atom is -0.378 e. The Bertz CT molecular complexity index is 276. The van der Waals surface area contributed by atoms with E-state index in [9.17, 15) is 0 Å². The van der Waals surface area contributed by atoms with Gasteiger partial charge in [-0.05, 0) is 24.2 Å². The van der Waals surface area contributed by atoms with Gasteiger partial charge in [-0.25, -0.2) is 5.26 Å². The van der Waals surface area contributed by atoms with Gasteiger partial charge in [-0.1, -0.05) is 39.3 Å². The van der Waals surface area contributed by atoms with Crippen LogP contribution in [0.5, 0.6) is 0 Å². The Morgan fingerprint density at radius 3 is 2.69 bits per heavy atom. The molecule has 0 aliphatic carbocycles. The highest BCUT2D eigenvalue weighted by Crippen LogP contribution is 2.46. The Morgan fingerprint density at radius 1 is 1.44 bits per heavy atom. The molecule has 2 rings (SSSR count). The standard InChI is InChI=1S/C13H22BNO/c1-11(2)7-12-8-13(9-16-12)3-5-14(10-15)6-4-13/h11-12H,3-9H2,1-2H3/t12-/m0/s1. The van der Waals surface area contributed by atoms with Gasteiger partial charge >= 0.3 is 0 Å². The predicted octanol–water partition coefficient (Wildman–Crippen LogP) is 3.16. The van der Waals surface area contributed by atoms with E-state index in [2.05, 4.69) is 19.8 Å². The van der Waals surface area contributed by atoms with Gasteiger partial charge in [-0.2, -0.15) is 0 Å². The summed E-state index contributed by atoms with van der Waals surface area (Å²) in [4.78, 5) is 0. The molecule has 2 fully saturated rings. The monoisotopic (exact) mass is 219 g/mol. The average Bonchev–Trinajstić information content (AvgIpc) is 2.62. The molecule has 2 aliphatic heterocycles. The molecule has 0 unspecified atom stereocenters. The van der Waals surface area contributed by atoms with Crippen molar-refractivity contribution >= 4 is 6.71 Å². The maximum absolute atomic E-state index is 8.91. The predicted molar refractivity (Wildman–Crippen MR) is 66.5 cm³/mol. The topological polar surface area (TPSA) is 33.0 Å². The normalized spacial score (nSPS) is 28.6. The van der Waals surface area contributed by atoms with Crippen molar-refractivity contribution in [2.24, 2.45) is 11.3 Å². The molecular weight excluding hydrogens is 197 g/mol. The van der Waals surface area contributed by atoms with Crippen LogP contribution >= 0.6 is 0 Å². The SMILES string of the molecule is CC(C)C[C@H]1CC2(CCB(C#N)CC2)CO1. The van der Waals surface area contributed by atoms with Crippen molar-refractivity contribution in [1.82, 2.24) is 0 Å². The van der Waals surface area contributed by atoms with Crippen LogP contribution in [0.3, 0.4) is 0 Å². The minimum absolute atomic E-state index is 0.315. The van der Waals surface area contributed by atoms with E-state index < -0.39 is 0 Å². The molecule has 3 heteroatoms. The van der Waals surface area contributed by atoms with Crippen molar-refractivity contribution in [2.45, 2.75) is 58.3 Å². The van der Waals surface area contributed by atoms with Gasteiger partial charge in [-0.3, -0.25) is 0 Å². The summed E-state index contributed by atoms with van der Waals surface area (Å²) in [7, 11) is 0. The molecule has 2 saturated heterocycles. The van der Waals surface area contributed by atoms with Crippen LogP contribution in [-0.4, -0.2) is 19.4 Å². The van der Waals surface area contributed by atoms with Gasteiger partial charge in [0.2, 0.25) is 0 Å². The second-order valence-corrected chi connectivity index (χ2v) is 6.17. The first-order chi connectivity index (χ1) is 7.63. The average molecular weight is 219 g/mol. The molecule has 2 aliphatic rings. The molecule has 16 heavy (non-hydrogen) atoms. The van der Waals surface area contributed by atoms with Crippen LogP contribution < -0.4 is 0 Å². The van der Waals surface area contributed by atoms with Gasteiger partial charge in [0, 0.05) is 5.97 Å². The third kappa shape index (κ3) is 2.60. The highest BCUT2D eigenvalue weighted by molar-refractivity contribution is 6.67. The summed E-state index contributed by atoms with van der Waals surface area (Å²) < 4.78 is 5.94. The first-order valence-corrected chi connectivity index (χ1v) is 6.65. The fourth-order valence-corrected chi connectivity index (χ4v) is 3.28. The largest absolute Gasteiger partial charge is 0.378 e. The Labute approximate surface area is 99.4 Å². The van der Waals surface area contributed by atoms with E-state index in [4.69, 9.17) is 10.00 Å². The first-order valence-electron chi connectivity index (χ1n) is 6.65. The van der Waals surface area contributed by atoms with Gasteiger partial charge in [0.05, 0.1) is 12.7 Å². The maximum atomic E-state index is 8.91. The zero-order valence-corrected chi connectivity index (χ0v) is 10.5. The van der Waals surface area contributed by atoms with Crippen LogP contribution in [0.1, 0.15) is 39.5 Å². The molecule has 2 nitrogen and oxygen atoms in total. The van der Waals surface area contributed by atoms with Gasteiger partial charge in [0.1, 0.15) is 0 Å². The lowest BCUT2D eigenvalue weighted by Crippen LogP contribution is -2.31. The summed E-state index contributed by atoms with van der Waals surface area (Å²) in [5, 5.41) is 8.91. The molecule has 1 spiro atoms. The van der Waals surface area contributed by atoms with Gasteiger partial charge < -0.3 is 4.74 Å². The van der Waals surface area contributed by atoms with E-state index in [0.29, 0.717) is 18.2 Å². The summed E-state index contributed by atoms with van der Waals surface area (Å²) in [6.07, 6.45) is 7.52. The number of ether oxygens (including phenoxy) is 1. The van der Waals surface area contributed by atoms with Crippen LogP contribution in [0.15, 0.2) is 0 Å². The van der Waals surface area contributed by atoms with E-state index in [1.165, 1.54) is 25.7 Å². The second kappa shape index (κ2) is 4.79. The van der Waals surface area contributed by atoms with E-state index in [1.807, 2.05) is 0 Å². The van der Waals surface area contributed by atoms with Crippen LogP contribution in [0.25, 0.3) is 0 Å².